The molecule has 0 aliphatic heterocycles. The molecule has 2 rings (SSSR count). The lowest BCUT2D eigenvalue weighted by molar-refractivity contribution is -0.121. The van der Waals surface area contributed by atoms with Gasteiger partial charge in [0.15, 0.2) is 0 Å². The van der Waals surface area contributed by atoms with Crippen molar-refractivity contribution in [3.05, 3.63) is 24.0 Å². The number of benzene rings is 1. The van der Waals surface area contributed by atoms with Crippen molar-refractivity contribution in [2.45, 2.75) is 70.9 Å². The van der Waals surface area contributed by atoms with Crippen molar-refractivity contribution >= 4 is 27.0 Å². The van der Waals surface area contributed by atoms with Crippen LogP contribution in [0.2, 0.25) is 0 Å². The zero-order chi connectivity index (χ0) is 21.8. The second-order valence-electron chi connectivity index (χ2n) is 8.15. The molecule has 2 aromatic rings. The number of fused-ring (bicyclic) bond motifs is 1. The molecule has 1 aromatic carbocycles. The molecule has 8 heteroatoms. The number of nitrogens with one attached hydrogen (secondary N) is 1. The van der Waals surface area contributed by atoms with Gasteiger partial charge in [0.05, 0.1) is 15.9 Å². The zero-order valence-electron chi connectivity index (χ0n) is 18.4. The Hall–Kier alpha value is -1.93. The minimum Gasteiger partial charge on any atom is -0.354 e. The number of aryl methyl sites for hydroxylation is 2. The molecule has 0 fully saturated rings. The third kappa shape index (κ3) is 5.79. The van der Waals surface area contributed by atoms with Crippen molar-refractivity contribution in [3.8, 4) is 0 Å². The Kier molecular flexibility index (Phi) is 7.82. The average Bonchev–Trinajstić information content (AvgIpc) is 3.01. The number of nitrogens with zero attached hydrogens (tertiary/aromatic N) is 3. The lowest BCUT2D eigenvalue weighted by atomic mass is 10.0. The molecule has 0 saturated carbocycles. The van der Waals surface area contributed by atoms with Crippen molar-refractivity contribution in [1.82, 2.24) is 19.2 Å². The average molecular weight is 423 g/mol. The molecule has 29 heavy (non-hydrogen) atoms. The molecule has 0 spiro atoms. The largest absolute Gasteiger partial charge is 0.354 e. The molecule has 1 aromatic heterocycles. The third-order valence-corrected chi connectivity index (χ3v) is 6.86. The molecule has 1 N–H and O–H groups in total. The third-order valence-electron chi connectivity index (χ3n) is 5.05. The lowest BCUT2D eigenvalue weighted by Crippen LogP contribution is -2.33. The zero-order valence-corrected chi connectivity index (χ0v) is 19.2. The Morgan fingerprint density at radius 1 is 1.21 bits per heavy atom. The highest BCUT2D eigenvalue weighted by atomic mass is 32.2. The highest BCUT2D eigenvalue weighted by Crippen LogP contribution is 2.22. The molecule has 0 unspecified atom stereocenters. The van der Waals surface area contributed by atoms with Crippen molar-refractivity contribution in [1.29, 1.82) is 0 Å². The summed E-state index contributed by atoms with van der Waals surface area (Å²) in [6.07, 6.45) is 2.94. The fourth-order valence-corrected chi connectivity index (χ4v) is 4.22. The maximum absolute atomic E-state index is 12.4. The van der Waals surface area contributed by atoms with Gasteiger partial charge in [-0.25, -0.2) is 17.7 Å². The number of carbonyl (C=O) groups is 1. The van der Waals surface area contributed by atoms with Gasteiger partial charge in [-0.2, -0.15) is 0 Å². The number of sulfonamides is 1. The van der Waals surface area contributed by atoms with Gasteiger partial charge in [-0.15, -0.1) is 0 Å². The van der Waals surface area contributed by atoms with Gasteiger partial charge in [0.2, 0.25) is 15.9 Å². The predicted molar refractivity (Wildman–Crippen MR) is 116 cm³/mol. The summed E-state index contributed by atoms with van der Waals surface area (Å²) >= 11 is 0. The summed E-state index contributed by atoms with van der Waals surface area (Å²) < 4.78 is 28.0. The topological polar surface area (TPSA) is 84.3 Å². The van der Waals surface area contributed by atoms with Gasteiger partial charge in [0.25, 0.3) is 0 Å². The van der Waals surface area contributed by atoms with E-state index in [-0.39, 0.29) is 16.8 Å². The first-order chi connectivity index (χ1) is 13.6. The number of carbonyl (C=O) groups excluding carboxylic acids is 1. The molecule has 1 amide bonds. The molecule has 1 heterocycles. The van der Waals surface area contributed by atoms with Crippen LogP contribution >= 0.6 is 0 Å². The van der Waals surface area contributed by atoms with Gasteiger partial charge >= 0.3 is 0 Å². The van der Waals surface area contributed by atoms with E-state index in [0.717, 1.165) is 24.2 Å². The molecule has 7 nitrogen and oxygen atoms in total. The van der Waals surface area contributed by atoms with E-state index in [1.54, 1.807) is 18.2 Å². The smallest absolute Gasteiger partial charge is 0.242 e. The summed E-state index contributed by atoms with van der Waals surface area (Å²) in [4.78, 5) is 17.2. The minimum absolute atomic E-state index is 0.0202. The molecule has 0 radical (unpaired) electrons. The quantitative estimate of drug-likeness (QED) is 0.637. The molecule has 0 aliphatic carbocycles. The fourth-order valence-electron chi connectivity index (χ4n) is 3.30. The number of imidazole rings is 1. The number of aromatic nitrogens is 2. The number of hydrogen-bond acceptors (Lipinski definition) is 4. The Labute approximate surface area is 174 Å². The maximum Gasteiger partial charge on any atom is 0.242 e. The van der Waals surface area contributed by atoms with Crippen LogP contribution < -0.4 is 5.32 Å². The normalized spacial score (nSPS) is 13.4. The van der Waals surface area contributed by atoms with Crippen LogP contribution in [0.25, 0.3) is 11.0 Å². The molecular weight excluding hydrogens is 388 g/mol. The van der Waals surface area contributed by atoms with Crippen LogP contribution in [0.1, 0.15) is 52.8 Å². The van der Waals surface area contributed by atoms with Gasteiger partial charge in [0, 0.05) is 39.5 Å². The van der Waals surface area contributed by atoms with E-state index in [2.05, 4.69) is 24.1 Å². The van der Waals surface area contributed by atoms with Crippen molar-refractivity contribution in [2.24, 2.45) is 5.92 Å². The van der Waals surface area contributed by atoms with E-state index in [1.807, 2.05) is 18.4 Å². The Morgan fingerprint density at radius 2 is 1.90 bits per heavy atom. The minimum atomic E-state index is -3.51. The molecule has 0 bridgehead atoms. The van der Waals surface area contributed by atoms with Crippen LogP contribution in [0.4, 0.5) is 0 Å². The lowest BCUT2D eigenvalue weighted by Gasteiger charge is -2.15. The number of rotatable bonds is 10. The van der Waals surface area contributed by atoms with Crippen LogP contribution in [0, 0.1) is 5.92 Å². The summed E-state index contributed by atoms with van der Waals surface area (Å²) in [7, 11) is -0.489. The second kappa shape index (κ2) is 9.71. The van der Waals surface area contributed by atoms with Gasteiger partial charge in [-0.3, -0.25) is 4.79 Å². The van der Waals surface area contributed by atoms with Crippen molar-refractivity contribution in [3.63, 3.8) is 0 Å². The van der Waals surface area contributed by atoms with E-state index in [4.69, 9.17) is 0 Å². The maximum atomic E-state index is 12.4. The molecular formula is C21H34N4O3S. The van der Waals surface area contributed by atoms with Crippen LogP contribution in [0.5, 0.6) is 0 Å². The highest BCUT2D eigenvalue weighted by Gasteiger charge is 2.20. The van der Waals surface area contributed by atoms with E-state index >= 15 is 0 Å². The Morgan fingerprint density at radius 3 is 2.48 bits per heavy atom. The monoisotopic (exact) mass is 422 g/mol. The van der Waals surface area contributed by atoms with E-state index in [0.29, 0.717) is 30.8 Å². The fraction of sp³-hybridized carbons (Fsp3) is 0.619. The summed E-state index contributed by atoms with van der Waals surface area (Å²) in [5, 5.41) is 3.06. The first kappa shape index (κ1) is 23.3. The van der Waals surface area contributed by atoms with E-state index < -0.39 is 10.0 Å². The van der Waals surface area contributed by atoms with Crippen LogP contribution in [0.3, 0.4) is 0 Å². The van der Waals surface area contributed by atoms with Crippen LogP contribution in [0.15, 0.2) is 23.1 Å². The van der Waals surface area contributed by atoms with E-state index in [1.165, 1.54) is 18.4 Å². The SMILES string of the molecule is CCn1c(CCC(=O)N[C@H](C)CCC(C)C)nc2cc(S(=O)(=O)N(C)C)ccc21. The standard InChI is InChI=1S/C21H34N4O3S/c1-7-25-19-11-10-17(29(27,28)24(5)6)14-18(19)23-20(25)12-13-21(26)22-16(4)9-8-15(2)3/h10-11,14-16H,7-9,12-13H2,1-6H3,(H,22,26)/t16-/m1/s1. The van der Waals surface area contributed by atoms with Gasteiger partial charge in [0.1, 0.15) is 5.82 Å². The van der Waals surface area contributed by atoms with Gasteiger partial charge in [-0.1, -0.05) is 13.8 Å². The summed E-state index contributed by atoms with van der Waals surface area (Å²) in [6.45, 7) is 9.12. The van der Waals surface area contributed by atoms with Gasteiger partial charge < -0.3 is 9.88 Å². The van der Waals surface area contributed by atoms with Crippen LogP contribution in [-0.2, 0) is 27.8 Å². The summed E-state index contributed by atoms with van der Waals surface area (Å²) in [5.74, 6) is 1.44. The Balaban J connectivity index is 2.14. The second-order valence-corrected chi connectivity index (χ2v) is 10.3. The highest BCUT2D eigenvalue weighted by molar-refractivity contribution is 7.89. The Bertz CT molecular complexity index is 948. The first-order valence-corrected chi connectivity index (χ1v) is 11.7. The molecule has 0 aliphatic rings. The molecule has 162 valence electrons. The predicted octanol–water partition coefficient (Wildman–Crippen LogP) is 3.18. The number of amides is 1. The summed E-state index contributed by atoms with van der Waals surface area (Å²) in [5.41, 5.74) is 1.52. The molecule has 1 atom stereocenters. The van der Waals surface area contributed by atoms with E-state index in [9.17, 15) is 13.2 Å². The van der Waals surface area contributed by atoms with Crippen molar-refractivity contribution in [2.75, 3.05) is 14.1 Å². The number of hydrogen-bond donors (Lipinski definition) is 1. The van der Waals surface area contributed by atoms with Crippen LogP contribution in [-0.4, -0.2) is 48.3 Å². The molecule has 0 saturated heterocycles. The first-order valence-electron chi connectivity index (χ1n) is 10.3. The summed E-state index contributed by atoms with van der Waals surface area (Å²) in [6, 6.07) is 5.17. The van der Waals surface area contributed by atoms with Crippen molar-refractivity contribution < 1.29 is 13.2 Å². The van der Waals surface area contributed by atoms with Gasteiger partial charge in [-0.05, 0) is 50.8 Å².